The second-order valence-electron chi connectivity index (χ2n) is 18.8. The van der Waals surface area contributed by atoms with Gasteiger partial charge in [0, 0.05) is 0 Å². The number of fused-ring (bicyclic) bond motifs is 6. The maximum absolute atomic E-state index is 12.4. The number of carbonyl (C=O) groups excluding carboxylic acids is 2. The Morgan fingerprint density at radius 3 is 1.40 bits per heavy atom. The molecule has 9 rings (SSSR count). The molecule has 0 radical (unpaired) electrons. The summed E-state index contributed by atoms with van der Waals surface area (Å²) in [5, 5.41) is 24.8. The van der Waals surface area contributed by atoms with Crippen LogP contribution in [0.25, 0.3) is 0 Å². The number of aldehydes is 2. The van der Waals surface area contributed by atoms with E-state index in [1.165, 1.54) is 0 Å². The Hall–Kier alpha value is -1.50. The molecule has 10 heteroatoms. The first-order valence-electron chi connectivity index (χ1n) is 19.3. The minimum atomic E-state index is -1.99. The highest BCUT2D eigenvalue weighted by Gasteiger charge is 2.87. The Morgan fingerprint density at radius 1 is 0.680 bits per heavy atom. The van der Waals surface area contributed by atoms with E-state index in [-0.39, 0.29) is 46.7 Å². The second-order valence-corrected chi connectivity index (χ2v) is 18.8. The molecule has 9 aliphatic rings. The van der Waals surface area contributed by atoms with E-state index in [1.54, 1.807) is 0 Å². The van der Waals surface area contributed by atoms with Crippen molar-refractivity contribution in [2.75, 3.05) is 13.2 Å². The van der Waals surface area contributed by atoms with Gasteiger partial charge in [-0.05, 0) is 121 Å². The third kappa shape index (κ3) is 4.03. The lowest BCUT2D eigenvalue weighted by molar-refractivity contribution is -0.478. The molecule has 0 aromatic carbocycles. The molecule has 7 fully saturated rings. The molecule has 5 aliphatic heterocycles. The Morgan fingerprint density at radius 2 is 1.06 bits per heavy atom. The summed E-state index contributed by atoms with van der Waals surface area (Å²) in [6.07, 6.45) is 11.4. The lowest BCUT2D eigenvalue weighted by Gasteiger charge is -2.58. The van der Waals surface area contributed by atoms with Crippen LogP contribution in [-0.2, 0) is 38.0 Å². The van der Waals surface area contributed by atoms with Gasteiger partial charge < -0.3 is 38.6 Å². The summed E-state index contributed by atoms with van der Waals surface area (Å²) in [6.45, 7) is 14.1. The number of aliphatic hydroxyl groups is 2. The van der Waals surface area contributed by atoms with E-state index in [0.29, 0.717) is 24.7 Å². The smallest absolute Gasteiger partial charge is 0.255 e. The van der Waals surface area contributed by atoms with E-state index in [0.717, 1.165) is 75.1 Å². The highest BCUT2D eigenvalue weighted by Crippen LogP contribution is 2.69. The lowest BCUT2D eigenvalue weighted by atomic mass is 9.46. The molecule has 4 aliphatic carbocycles. The summed E-state index contributed by atoms with van der Waals surface area (Å²) in [4.78, 5) is 24.4. The number of epoxide rings is 2. The summed E-state index contributed by atoms with van der Waals surface area (Å²) in [6, 6.07) is 0. The van der Waals surface area contributed by atoms with Crippen molar-refractivity contribution < 1.29 is 48.2 Å². The average molecular weight is 697 g/mol. The molecule has 276 valence electrons. The first kappa shape index (κ1) is 34.3. The Bertz CT molecular complexity index is 1420. The van der Waals surface area contributed by atoms with E-state index >= 15 is 0 Å². The van der Waals surface area contributed by atoms with Gasteiger partial charge >= 0.3 is 0 Å². The van der Waals surface area contributed by atoms with E-state index in [9.17, 15) is 19.8 Å². The maximum Gasteiger partial charge on any atom is 0.255 e. The molecule has 10 nitrogen and oxygen atoms in total. The molecule has 0 aromatic heterocycles. The van der Waals surface area contributed by atoms with Gasteiger partial charge in [0.2, 0.25) is 12.6 Å². The number of carbonyl (C=O) groups is 2. The van der Waals surface area contributed by atoms with Crippen LogP contribution in [0, 0.1) is 45.3 Å². The van der Waals surface area contributed by atoms with Crippen LogP contribution in [-0.4, -0.2) is 83.6 Å². The molecular weight excluding hydrogens is 640 g/mol. The fraction of sp³-hybridized carbons (Fsp3) is 0.850. The minimum Gasteiger partial charge on any atom is -0.361 e. The average Bonchev–Trinajstić information content (AvgIpc) is 4.00. The van der Waals surface area contributed by atoms with Crippen molar-refractivity contribution in [2.24, 2.45) is 45.3 Å². The van der Waals surface area contributed by atoms with Crippen LogP contribution in [0.4, 0.5) is 0 Å². The van der Waals surface area contributed by atoms with Crippen molar-refractivity contribution in [2.45, 2.75) is 153 Å². The summed E-state index contributed by atoms with van der Waals surface area (Å²) in [5.74, 6) is -2.77. The van der Waals surface area contributed by atoms with Gasteiger partial charge in [0.15, 0.2) is 11.2 Å². The van der Waals surface area contributed by atoms with Crippen molar-refractivity contribution in [3.63, 3.8) is 0 Å². The number of hydrogen-bond acceptors (Lipinski definition) is 10. The first-order chi connectivity index (χ1) is 23.6. The summed E-state index contributed by atoms with van der Waals surface area (Å²) in [5.41, 5.74) is -1.39. The molecule has 50 heavy (non-hydrogen) atoms. The van der Waals surface area contributed by atoms with Gasteiger partial charge in [0.1, 0.15) is 12.6 Å². The van der Waals surface area contributed by atoms with E-state index in [1.807, 2.05) is 0 Å². The number of rotatable bonds is 6. The van der Waals surface area contributed by atoms with Gasteiger partial charge in [-0.15, -0.1) is 0 Å². The Balaban J connectivity index is 0.985. The molecule has 5 heterocycles. The zero-order valence-corrected chi connectivity index (χ0v) is 30.6. The zero-order valence-electron chi connectivity index (χ0n) is 30.6. The summed E-state index contributed by atoms with van der Waals surface area (Å²) < 4.78 is 38.5. The molecule has 0 aromatic rings. The van der Waals surface area contributed by atoms with Crippen molar-refractivity contribution in [3.05, 3.63) is 23.3 Å². The van der Waals surface area contributed by atoms with Crippen LogP contribution in [0.1, 0.15) is 106 Å². The van der Waals surface area contributed by atoms with E-state index in [2.05, 4.69) is 53.7 Å². The molecule has 2 spiro atoms. The maximum atomic E-state index is 12.4. The van der Waals surface area contributed by atoms with Gasteiger partial charge in [0.05, 0.1) is 25.4 Å². The predicted molar refractivity (Wildman–Crippen MR) is 179 cm³/mol. The summed E-state index contributed by atoms with van der Waals surface area (Å²) in [7, 11) is 0. The van der Waals surface area contributed by atoms with Crippen molar-refractivity contribution in [3.8, 4) is 0 Å². The fourth-order valence-corrected chi connectivity index (χ4v) is 13.1. The van der Waals surface area contributed by atoms with E-state index in [4.69, 9.17) is 28.4 Å². The van der Waals surface area contributed by atoms with Gasteiger partial charge in [-0.1, -0.05) is 53.7 Å². The van der Waals surface area contributed by atoms with Crippen LogP contribution < -0.4 is 0 Å². The highest BCUT2D eigenvalue weighted by molar-refractivity contribution is 5.76. The molecule has 4 unspecified atom stereocenters. The second kappa shape index (κ2) is 10.6. The van der Waals surface area contributed by atoms with Crippen molar-refractivity contribution >= 4 is 12.6 Å². The van der Waals surface area contributed by atoms with Gasteiger partial charge in [-0.25, -0.2) is 0 Å². The molecule has 2 saturated carbocycles. The topological polar surface area (TPSA) is 137 Å². The van der Waals surface area contributed by atoms with Crippen LogP contribution in [0.5, 0.6) is 0 Å². The number of hydrogen-bond donors (Lipinski definition) is 2. The first-order valence-corrected chi connectivity index (χ1v) is 19.3. The lowest BCUT2D eigenvalue weighted by Crippen LogP contribution is -2.68. The molecule has 0 amide bonds. The SMILES string of the molecule is C[C@@H]1CC[C@]2(C)C(C=O)=CCC[C@H]2[C@]1(C)C[C@H]1OC2OC3(O)C(O[C@H](C[C@]4(C)[C@H]5CCC=C(C=O)[C@]5(C)CC[C@@H]4C)[C@@]34CO4)OC2(O)[C@]12CO2. The molecular formula is C40H56O10. The van der Waals surface area contributed by atoms with Crippen molar-refractivity contribution in [1.82, 2.24) is 0 Å². The predicted octanol–water partition coefficient (Wildman–Crippen LogP) is 5.13. The van der Waals surface area contributed by atoms with E-state index < -0.39 is 47.6 Å². The quantitative estimate of drug-likeness (QED) is 0.284. The zero-order chi connectivity index (χ0) is 35.3. The molecule has 0 bridgehead atoms. The van der Waals surface area contributed by atoms with Crippen molar-refractivity contribution in [1.29, 1.82) is 0 Å². The van der Waals surface area contributed by atoms with Crippen LogP contribution in [0.2, 0.25) is 0 Å². The van der Waals surface area contributed by atoms with Gasteiger partial charge in [-0.3, -0.25) is 9.59 Å². The fourth-order valence-electron chi connectivity index (χ4n) is 13.1. The standard InChI is InChI=1S/C40H56O10/c1-23-13-15-33(3)25(19-41)9-7-11-27(33)35(23,5)17-29-37(21-45-37)39(43)31(47-29)49-40(44)32(50-39)48-30(38(40)22-46-38)18-36(6)24(2)14-16-34(4)26(20-42)10-8-12-28(34)36/h9-10,19-20,23-24,27-32,43-44H,7-8,11-18,21-22H2,1-6H3/t23-,24+,27-,28+,29-,30-,31?,32?,33-,34+,35-,36+,37+,38+,39?,40?/m1/s1. The summed E-state index contributed by atoms with van der Waals surface area (Å²) >= 11 is 0. The van der Waals surface area contributed by atoms with Crippen LogP contribution in [0.3, 0.4) is 0 Å². The normalized spacial score (nSPS) is 59.1. The third-order valence-corrected chi connectivity index (χ3v) is 17.0. The van der Waals surface area contributed by atoms with Gasteiger partial charge in [0.25, 0.3) is 11.6 Å². The Kier molecular flexibility index (Phi) is 7.26. The monoisotopic (exact) mass is 696 g/mol. The minimum absolute atomic E-state index is 0.211. The number of allylic oxidation sites excluding steroid dienone is 4. The Labute approximate surface area is 295 Å². The third-order valence-electron chi connectivity index (χ3n) is 17.0. The molecule has 2 N–H and O–H groups in total. The van der Waals surface area contributed by atoms with Crippen LogP contribution in [0.15, 0.2) is 23.3 Å². The number of ether oxygens (including phenoxy) is 6. The largest absolute Gasteiger partial charge is 0.361 e. The molecule has 16 atom stereocenters. The van der Waals surface area contributed by atoms with Crippen LogP contribution >= 0.6 is 0 Å². The highest BCUT2D eigenvalue weighted by atomic mass is 16.9. The molecule has 5 saturated heterocycles. The van der Waals surface area contributed by atoms with Gasteiger partial charge in [-0.2, -0.15) is 0 Å².